The third-order valence-corrected chi connectivity index (χ3v) is 5.48. The smallest absolute Gasteiger partial charge is 0.253 e. The van der Waals surface area contributed by atoms with Crippen molar-refractivity contribution in [2.45, 2.75) is 39.5 Å². The minimum atomic E-state index is -0.211. The zero-order valence-electron chi connectivity index (χ0n) is 14.2. The van der Waals surface area contributed by atoms with Crippen molar-refractivity contribution in [3.63, 3.8) is 0 Å². The van der Waals surface area contributed by atoms with Gasteiger partial charge in [-0.2, -0.15) is 0 Å². The van der Waals surface area contributed by atoms with Crippen molar-refractivity contribution in [3.8, 4) is 0 Å². The van der Waals surface area contributed by atoms with Gasteiger partial charge >= 0.3 is 0 Å². The molecule has 2 fully saturated rings. The summed E-state index contributed by atoms with van der Waals surface area (Å²) in [6.07, 6.45) is 3.59. The van der Waals surface area contributed by atoms with Gasteiger partial charge in [-0.05, 0) is 51.7 Å². The summed E-state index contributed by atoms with van der Waals surface area (Å²) < 4.78 is 0. The van der Waals surface area contributed by atoms with E-state index in [0.29, 0.717) is 12.5 Å². The second kappa shape index (κ2) is 6.34. The molecule has 2 amide bonds. The first-order valence-corrected chi connectivity index (χ1v) is 8.71. The predicted molar refractivity (Wildman–Crippen MR) is 90.2 cm³/mol. The van der Waals surface area contributed by atoms with E-state index in [1.807, 2.05) is 47.9 Å². The minimum absolute atomic E-state index is 0.101. The van der Waals surface area contributed by atoms with Crippen LogP contribution in [0.15, 0.2) is 24.3 Å². The summed E-state index contributed by atoms with van der Waals surface area (Å²) in [6, 6.07) is 7.77. The van der Waals surface area contributed by atoms with Crippen LogP contribution < -0.4 is 0 Å². The molecular formula is C19H26N2O2. The number of amides is 2. The van der Waals surface area contributed by atoms with Crippen LogP contribution in [0.4, 0.5) is 0 Å². The molecule has 2 aliphatic rings. The Kier molecular flexibility index (Phi) is 4.42. The van der Waals surface area contributed by atoms with E-state index >= 15 is 0 Å². The zero-order valence-corrected chi connectivity index (χ0v) is 14.2. The lowest BCUT2D eigenvalue weighted by Gasteiger charge is -2.26. The lowest BCUT2D eigenvalue weighted by molar-refractivity contribution is -0.136. The standard InChI is InChI=1S/C19H26N2O2/c1-3-20-12-9-19(18(20)23)8-5-11-21(13-10-19)17(22)16-7-4-6-15(2)14-16/h4,6-7,14H,3,5,8-13H2,1-2H3/t19-/m0/s1. The molecule has 2 saturated heterocycles. The van der Waals surface area contributed by atoms with E-state index in [4.69, 9.17) is 0 Å². The van der Waals surface area contributed by atoms with Crippen molar-refractivity contribution in [2.24, 2.45) is 5.41 Å². The van der Waals surface area contributed by atoms with Crippen molar-refractivity contribution in [1.29, 1.82) is 0 Å². The van der Waals surface area contributed by atoms with Crippen LogP contribution in [0.5, 0.6) is 0 Å². The fourth-order valence-corrected chi connectivity index (χ4v) is 4.02. The average Bonchev–Trinajstić information content (AvgIpc) is 2.73. The van der Waals surface area contributed by atoms with Gasteiger partial charge in [0.15, 0.2) is 0 Å². The lowest BCUT2D eigenvalue weighted by atomic mass is 9.79. The van der Waals surface area contributed by atoms with Crippen LogP contribution in [-0.2, 0) is 4.79 Å². The SMILES string of the molecule is CCN1CC[C@]2(CCCN(C(=O)c3cccc(C)c3)CC2)C1=O. The number of rotatable bonds is 2. The molecule has 0 bridgehead atoms. The highest BCUT2D eigenvalue weighted by Gasteiger charge is 2.46. The zero-order chi connectivity index (χ0) is 16.4. The van der Waals surface area contributed by atoms with Gasteiger partial charge in [-0.1, -0.05) is 17.7 Å². The number of aryl methyl sites for hydroxylation is 1. The number of hydrogen-bond donors (Lipinski definition) is 0. The maximum Gasteiger partial charge on any atom is 0.253 e. The Hall–Kier alpha value is -1.84. The van der Waals surface area contributed by atoms with Gasteiger partial charge in [-0.15, -0.1) is 0 Å². The second-order valence-electron chi connectivity index (χ2n) is 6.93. The van der Waals surface area contributed by atoms with Crippen LogP contribution in [0.2, 0.25) is 0 Å². The highest BCUT2D eigenvalue weighted by Crippen LogP contribution is 2.41. The van der Waals surface area contributed by atoms with Gasteiger partial charge in [-0.3, -0.25) is 9.59 Å². The molecule has 2 aliphatic heterocycles. The van der Waals surface area contributed by atoms with Crippen molar-refractivity contribution < 1.29 is 9.59 Å². The van der Waals surface area contributed by atoms with Crippen molar-refractivity contribution in [3.05, 3.63) is 35.4 Å². The van der Waals surface area contributed by atoms with Crippen LogP contribution in [0, 0.1) is 12.3 Å². The molecule has 2 heterocycles. The van der Waals surface area contributed by atoms with Gasteiger partial charge in [0, 0.05) is 31.7 Å². The largest absolute Gasteiger partial charge is 0.342 e. The number of likely N-dealkylation sites (tertiary alicyclic amines) is 2. The molecule has 124 valence electrons. The first kappa shape index (κ1) is 16.0. The van der Waals surface area contributed by atoms with Crippen LogP contribution >= 0.6 is 0 Å². The summed E-state index contributed by atoms with van der Waals surface area (Å²) in [5.74, 6) is 0.411. The van der Waals surface area contributed by atoms with Crippen molar-refractivity contribution in [2.75, 3.05) is 26.2 Å². The molecule has 4 heteroatoms. The number of carbonyl (C=O) groups is 2. The molecule has 0 saturated carbocycles. The maximum atomic E-state index is 12.7. The summed E-state index contributed by atoms with van der Waals surface area (Å²) >= 11 is 0. The van der Waals surface area contributed by atoms with Gasteiger partial charge < -0.3 is 9.80 Å². The van der Waals surface area contributed by atoms with Crippen molar-refractivity contribution >= 4 is 11.8 Å². The highest BCUT2D eigenvalue weighted by molar-refractivity contribution is 5.94. The Bertz CT molecular complexity index is 613. The van der Waals surface area contributed by atoms with Gasteiger partial charge in [0.25, 0.3) is 5.91 Å². The van der Waals surface area contributed by atoms with E-state index in [-0.39, 0.29) is 11.3 Å². The molecule has 1 atom stereocenters. The topological polar surface area (TPSA) is 40.6 Å². The molecule has 0 aliphatic carbocycles. The molecule has 1 aromatic rings. The number of carbonyl (C=O) groups excluding carboxylic acids is 2. The number of hydrogen-bond acceptors (Lipinski definition) is 2. The van der Waals surface area contributed by atoms with Gasteiger partial charge in [0.1, 0.15) is 0 Å². The van der Waals surface area contributed by atoms with E-state index in [9.17, 15) is 9.59 Å². The molecular weight excluding hydrogens is 288 g/mol. The molecule has 0 radical (unpaired) electrons. The Balaban J connectivity index is 1.72. The number of benzene rings is 1. The molecule has 4 nitrogen and oxygen atoms in total. The normalized spacial score (nSPS) is 25.0. The third-order valence-electron chi connectivity index (χ3n) is 5.48. The summed E-state index contributed by atoms with van der Waals surface area (Å²) in [7, 11) is 0. The lowest BCUT2D eigenvalue weighted by Crippen LogP contribution is -2.36. The summed E-state index contributed by atoms with van der Waals surface area (Å²) in [6.45, 7) is 7.17. The van der Waals surface area contributed by atoms with E-state index in [0.717, 1.165) is 56.4 Å². The fourth-order valence-electron chi connectivity index (χ4n) is 4.02. The Labute approximate surface area is 138 Å². The summed E-state index contributed by atoms with van der Waals surface area (Å²) in [5, 5.41) is 0. The van der Waals surface area contributed by atoms with Crippen LogP contribution in [0.25, 0.3) is 0 Å². The molecule has 1 spiro atoms. The molecule has 0 N–H and O–H groups in total. The monoisotopic (exact) mass is 314 g/mol. The quantitative estimate of drug-likeness (QED) is 0.842. The van der Waals surface area contributed by atoms with Crippen LogP contribution in [-0.4, -0.2) is 47.8 Å². The van der Waals surface area contributed by atoms with Crippen LogP contribution in [0.3, 0.4) is 0 Å². The Morgan fingerprint density at radius 1 is 1.17 bits per heavy atom. The van der Waals surface area contributed by atoms with Crippen molar-refractivity contribution in [1.82, 2.24) is 9.80 Å². The average molecular weight is 314 g/mol. The second-order valence-corrected chi connectivity index (χ2v) is 6.93. The maximum absolute atomic E-state index is 12.7. The third kappa shape index (κ3) is 2.99. The summed E-state index contributed by atoms with van der Waals surface area (Å²) in [4.78, 5) is 29.3. The van der Waals surface area contributed by atoms with E-state index in [2.05, 4.69) is 0 Å². The summed E-state index contributed by atoms with van der Waals surface area (Å²) in [5.41, 5.74) is 1.65. The first-order chi connectivity index (χ1) is 11.1. The van der Waals surface area contributed by atoms with Crippen LogP contribution in [0.1, 0.15) is 48.5 Å². The number of nitrogens with zero attached hydrogens (tertiary/aromatic N) is 2. The minimum Gasteiger partial charge on any atom is -0.342 e. The molecule has 1 aromatic carbocycles. The van der Waals surface area contributed by atoms with E-state index in [1.165, 1.54) is 0 Å². The van der Waals surface area contributed by atoms with E-state index in [1.54, 1.807) is 0 Å². The fraction of sp³-hybridized carbons (Fsp3) is 0.579. The molecule has 23 heavy (non-hydrogen) atoms. The Morgan fingerprint density at radius 2 is 1.96 bits per heavy atom. The van der Waals surface area contributed by atoms with E-state index < -0.39 is 0 Å². The first-order valence-electron chi connectivity index (χ1n) is 8.71. The molecule has 3 rings (SSSR count). The van der Waals surface area contributed by atoms with Gasteiger partial charge in [-0.25, -0.2) is 0 Å². The predicted octanol–water partition coefficient (Wildman–Crippen LogP) is 2.86. The van der Waals surface area contributed by atoms with Gasteiger partial charge in [0.05, 0.1) is 5.41 Å². The molecule has 0 aromatic heterocycles. The highest BCUT2D eigenvalue weighted by atomic mass is 16.2. The Morgan fingerprint density at radius 3 is 2.65 bits per heavy atom. The van der Waals surface area contributed by atoms with Gasteiger partial charge in [0.2, 0.25) is 5.91 Å². The molecule has 0 unspecified atom stereocenters.